The molecule has 1 atom stereocenters. The molecule has 9 heteroatoms. The molecule has 2 heterocycles. The van der Waals surface area contributed by atoms with Gasteiger partial charge in [0.25, 0.3) is 0 Å². The van der Waals surface area contributed by atoms with E-state index in [-0.39, 0.29) is 21.6 Å². The van der Waals surface area contributed by atoms with Gasteiger partial charge in [-0.1, -0.05) is 23.2 Å². The lowest BCUT2D eigenvalue weighted by atomic mass is 10.00. The molecule has 0 bridgehead atoms. The van der Waals surface area contributed by atoms with Gasteiger partial charge in [-0.3, -0.25) is 0 Å². The van der Waals surface area contributed by atoms with Crippen LogP contribution in [0.25, 0.3) is 0 Å². The predicted octanol–water partition coefficient (Wildman–Crippen LogP) is 3.10. The zero-order chi connectivity index (χ0) is 14.0. The van der Waals surface area contributed by atoms with E-state index in [0.29, 0.717) is 23.3 Å². The van der Waals surface area contributed by atoms with Crippen LogP contribution < -0.4 is 5.32 Å². The van der Waals surface area contributed by atoms with Crippen LogP contribution in [0.15, 0.2) is 11.0 Å². The Kier molecular flexibility index (Phi) is 7.05. The van der Waals surface area contributed by atoms with E-state index >= 15 is 0 Å². The summed E-state index contributed by atoms with van der Waals surface area (Å²) in [6, 6.07) is 1.44. The maximum absolute atomic E-state index is 12.5. The van der Waals surface area contributed by atoms with Crippen LogP contribution in [0.1, 0.15) is 12.8 Å². The highest BCUT2D eigenvalue weighted by Crippen LogP contribution is 2.36. The molecule has 0 aromatic carbocycles. The molecular weight excluding hydrogens is 363 g/mol. The van der Waals surface area contributed by atoms with Crippen LogP contribution in [0.4, 0.5) is 0 Å². The molecule has 116 valence electrons. The molecule has 1 aromatic heterocycles. The summed E-state index contributed by atoms with van der Waals surface area (Å²) in [6.45, 7) is 1.91. The van der Waals surface area contributed by atoms with E-state index in [1.54, 1.807) is 0 Å². The quantitative estimate of drug-likeness (QED) is 0.874. The smallest absolute Gasteiger partial charge is 0.245 e. The summed E-state index contributed by atoms with van der Waals surface area (Å²) < 4.78 is 27.2. The molecule has 1 fully saturated rings. The summed E-state index contributed by atoms with van der Waals surface area (Å²) in [5, 5.41) is 3.10. The summed E-state index contributed by atoms with van der Waals surface area (Å²) in [5.74, 6) is 0.349. The molecule has 1 aromatic rings. The van der Waals surface area contributed by atoms with Crippen molar-refractivity contribution in [3.05, 3.63) is 14.7 Å². The van der Waals surface area contributed by atoms with E-state index in [2.05, 4.69) is 5.32 Å². The first kappa shape index (κ1) is 18.5. The maximum atomic E-state index is 12.5. The van der Waals surface area contributed by atoms with Crippen molar-refractivity contribution in [1.82, 2.24) is 9.62 Å². The lowest BCUT2D eigenvalue weighted by Crippen LogP contribution is -2.42. The molecule has 1 aliphatic rings. The van der Waals surface area contributed by atoms with Crippen LogP contribution in [-0.2, 0) is 10.0 Å². The number of nitrogens with one attached hydrogen (secondary N) is 1. The minimum atomic E-state index is -3.52. The molecule has 1 aliphatic heterocycles. The molecule has 1 unspecified atom stereocenters. The van der Waals surface area contributed by atoms with Gasteiger partial charge >= 0.3 is 0 Å². The first-order valence-corrected chi connectivity index (χ1v) is 9.06. The van der Waals surface area contributed by atoms with Gasteiger partial charge in [-0.25, -0.2) is 8.42 Å². The molecule has 0 saturated carbocycles. The summed E-state index contributed by atoms with van der Waals surface area (Å²) in [5.41, 5.74) is 0. The van der Waals surface area contributed by atoms with E-state index < -0.39 is 10.0 Å². The fourth-order valence-electron chi connectivity index (χ4n) is 2.34. The molecule has 0 aliphatic carbocycles. The van der Waals surface area contributed by atoms with Crippen LogP contribution in [0.2, 0.25) is 8.67 Å². The Morgan fingerprint density at radius 1 is 1.50 bits per heavy atom. The highest BCUT2D eigenvalue weighted by Gasteiger charge is 2.32. The summed E-state index contributed by atoms with van der Waals surface area (Å²) >= 11 is 12.9. The second-order valence-electron chi connectivity index (χ2n) is 4.62. The third-order valence-corrected chi connectivity index (χ3v) is 6.84. The fraction of sp³-hybridized carbons (Fsp3) is 0.636. The number of nitrogens with zero attached hydrogens (tertiary/aromatic N) is 1. The van der Waals surface area contributed by atoms with Crippen LogP contribution in [-0.4, -0.2) is 39.4 Å². The second kappa shape index (κ2) is 7.63. The number of halogens is 3. The minimum Gasteiger partial charge on any atom is -0.319 e. The molecule has 2 rings (SSSR count). The Balaban J connectivity index is 0.00000200. The van der Waals surface area contributed by atoms with Gasteiger partial charge < -0.3 is 5.32 Å². The van der Waals surface area contributed by atoms with Gasteiger partial charge in [0.05, 0.1) is 4.34 Å². The zero-order valence-electron chi connectivity index (χ0n) is 10.9. The first-order valence-electron chi connectivity index (χ1n) is 6.04. The molecular formula is C11H17Cl3N2O2S2. The van der Waals surface area contributed by atoms with Gasteiger partial charge in [-0.2, -0.15) is 4.31 Å². The Hall–Kier alpha value is 0.440. The number of hydrogen-bond acceptors (Lipinski definition) is 4. The largest absolute Gasteiger partial charge is 0.319 e. The number of piperidine rings is 1. The molecule has 4 nitrogen and oxygen atoms in total. The normalized spacial score (nSPS) is 20.6. The minimum absolute atomic E-state index is 0. The van der Waals surface area contributed by atoms with E-state index in [4.69, 9.17) is 23.2 Å². The van der Waals surface area contributed by atoms with Crippen molar-refractivity contribution in [2.24, 2.45) is 5.92 Å². The molecule has 0 amide bonds. The molecule has 0 spiro atoms. The van der Waals surface area contributed by atoms with Crippen molar-refractivity contribution >= 4 is 57.0 Å². The number of rotatable bonds is 4. The summed E-state index contributed by atoms with van der Waals surface area (Å²) in [7, 11) is -1.65. The van der Waals surface area contributed by atoms with Gasteiger partial charge in [0.15, 0.2) is 0 Å². The van der Waals surface area contributed by atoms with Crippen LogP contribution in [0, 0.1) is 5.92 Å². The van der Waals surface area contributed by atoms with Crippen molar-refractivity contribution in [1.29, 1.82) is 0 Å². The number of thiophene rings is 1. The molecule has 1 saturated heterocycles. The Bertz CT molecular complexity index is 546. The van der Waals surface area contributed by atoms with Gasteiger partial charge in [0.2, 0.25) is 10.0 Å². The van der Waals surface area contributed by atoms with E-state index in [1.807, 2.05) is 7.05 Å². The maximum Gasteiger partial charge on any atom is 0.245 e. The second-order valence-corrected chi connectivity index (χ2v) is 8.81. The first-order chi connectivity index (χ1) is 8.95. The topological polar surface area (TPSA) is 49.4 Å². The van der Waals surface area contributed by atoms with E-state index in [0.717, 1.165) is 30.7 Å². The van der Waals surface area contributed by atoms with Crippen LogP contribution >= 0.6 is 46.9 Å². The highest BCUT2D eigenvalue weighted by atomic mass is 35.5. The van der Waals surface area contributed by atoms with Crippen LogP contribution in [0.3, 0.4) is 0 Å². The van der Waals surface area contributed by atoms with E-state index in [1.165, 1.54) is 10.4 Å². The van der Waals surface area contributed by atoms with Crippen molar-refractivity contribution in [3.8, 4) is 0 Å². The molecule has 1 N–H and O–H groups in total. The van der Waals surface area contributed by atoms with Crippen LogP contribution in [0.5, 0.6) is 0 Å². The van der Waals surface area contributed by atoms with Gasteiger partial charge in [0.1, 0.15) is 9.23 Å². The monoisotopic (exact) mass is 378 g/mol. The average molecular weight is 380 g/mol. The third kappa shape index (κ3) is 4.00. The lowest BCUT2D eigenvalue weighted by Gasteiger charge is -2.31. The van der Waals surface area contributed by atoms with Crippen molar-refractivity contribution < 1.29 is 8.42 Å². The van der Waals surface area contributed by atoms with Crippen molar-refractivity contribution in [2.45, 2.75) is 17.7 Å². The van der Waals surface area contributed by atoms with Gasteiger partial charge in [-0.05, 0) is 38.4 Å². The third-order valence-electron chi connectivity index (χ3n) is 3.22. The van der Waals surface area contributed by atoms with E-state index in [9.17, 15) is 8.42 Å². The van der Waals surface area contributed by atoms with Crippen molar-refractivity contribution in [2.75, 3.05) is 26.7 Å². The highest BCUT2D eigenvalue weighted by molar-refractivity contribution is 7.89. The zero-order valence-corrected chi connectivity index (χ0v) is 14.9. The lowest BCUT2D eigenvalue weighted by molar-refractivity contribution is 0.263. The fourth-order valence-corrected chi connectivity index (χ4v) is 6.01. The summed E-state index contributed by atoms with van der Waals surface area (Å²) in [6.07, 6.45) is 1.92. The standard InChI is InChI=1S/C11H16Cl2N2O2S2.ClH/c1-14-6-8-3-2-4-15(7-8)19(16,17)9-5-10(12)18-11(9)13;/h5,8,14H,2-4,6-7H2,1H3;1H. The van der Waals surface area contributed by atoms with Gasteiger partial charge in [-0.15, -0.1) is 23.7 Å². The molecule has 0 radical (unpaired) electrons. The Morgan fingerprint density at radius 3 is 2.75 bits per heavy atom. The number of sulfonamides is 1. The Labute approximate surface area is 139 Å². The Morgan fingerprint density at radius 2 is 2.20 bits per heavy atom. The summed E-state index contributed by atoms with van der Waals surface area (Å²) in [4.78, 5) is 0.134. The number of hydrogen-bond donors (Lipinski definition) is 1. The average Bonchev–Trinajstić information content (AvgIpc) is 2.70. The SMILES string of the molecule is CNCC1CCCN(S(=O)(=O)c2cc(Cl)sc2Cl)C1.Cl. The van der Waals surface area contributed by atoms with Gasteiger partial charge in [0, 0.05) is 13.1 Å². The molecule has 20 heavy (non-hydrogen) atoms. The van der Waals surface area contributed by atoms with Crippen molar-refractivity contribution in [3.63, 3.8) is 0 Å². The predicted molar refractivity (Wildman–Crippen MR) is 87.0 cm³/mol.